The molecular formula is C22H30N4O2. The number of nitriles is 3. The van der Waals surface area contributed by atoms with Crippen molar-refractivity contribution in [3.05, 3.63) is 0 Å². The van der Waals surface area contributed by atoms with Crippen molar-refractivity contribution in [2.45, 2.75) is 78.6 Å². The number of ether oxygens (including phenoxy) is 2. The lowest BCUT2D eigenvalue weighted by atomic mass is 9.49. The molecule has 2 saturated heterocycles. The van der Waals surface area contributed by atoms with E-state index in [2.05, 4.69) is 39.0 Å². The van der Waals surface area contributed by atoms with Crippen LogP contribution in [-0.4, -0.2) is 17.8 Å². The average Bonchev–Trinajstić information content (AvgIpc) is 2.86. The second-order valence-electron chi connectivity index (χ2n) is 9.70. The highest BCUT2D eigenvalue weighted by molar-refractivity contribution is 5.89. The Morgan fingerprint density at radius 3 is 2.21 bits per heavy atom. The minimum atomic E-state index is -1.75. The lowest BCUT2D eigenvalue weighted by molar-refractivity contribution is -0.308. The Bertz CT molecular complexity index is 777. The second-order valence-corrected chi connectivity index (χ2v) is 9.70. The van der Waals surface area contributed by atoms with Gasteiger partial charge in [0.1, 0.15) is 0 Å². The largest absolute Gasteiger partial charge is 0.447 e. The molecule has 5 unspecified atom stereocenters. The maximum atomic E-state index is 10.4. The molecule has 2 heterocycles. The van der Waals surface area contributed by atoms with E-state index in [1.807, 2.05) is 13.8 Å². The van der Waals surface area contributed by atoms with Crippen LogP contribution in [0.1, 0.15) is 66.7 Å². The van der Waals surface area contributed by atoms with Crippen molar-refractivity contribution in [1.29, 1.82) is 21.2 Å². The molecule has 28 heavy (non-hydrogen) atoms. The van der Waals surface area contributed by atoms with Crippen LogP contribution in [0.4, 0.5) is 0 Å². The molecule has 2 aliphatic heterocycles. The third-order valence-corrected chi connectivity index (χ3v) is 7.65. The van der Waals surface area contributed by atoms with Crippen molar-refractivity contribution in [2.24, 2.45) is 34.0 Å². The van der Waals surface area contributed by atoms with Crippen molar-refractivity contribution in [1.82, 2.24) is 0 Å². The predicted octanol–water partition coefficient (Wildman–Crippen LogP) is 4.53. The molecule has 150 valence electrons. The van der Waals surface area contributed by atoms with Crippen LogP contribution in [0.3, 0.4) is 0 Å². The Morgan fingerprint density at radius 2 is 1.75 bits per heavy atom. The molecule has 3 aliphatic rings. The smallest absolute Gasteiger partial charge is 0.217 e. The van der Waals surface area contributed by atoms with Gasteiger partial charge in [0, 0.05) is 6.42 Å². The van der Waals surface area contributed by atoms with E-state index < -0.39 is 28.6 Å². The Kier molecular flexibility index (Phi) is 4.76. The molecule has 0 aromatic carbocycles. The summed E-state index contributed by atoms with van der Waals surface area (Å²) < 4.78 is 12.5. The minimum Gasteiger partial charge on any atom is -0.447 e. The van der Waals surface area contributed by atoms with Crippen molar-refractivity contribution in [3.8, 4) is 18.2 Å². The molecule has 0 aromatic rings. The molecule has 5 atom stereocenters. The normalized spacial score (nSPS) is 38.7. The Morgan fingerprint density at radius 1 is 1.14 bits per heavy atom. The standard InChI is InChI=1S/C22H30N4O2/c1-6-14(7-2)17-20(11-23,12-24)21(13-25)16-10-15(19(3,4)5)8-9-22(16,27-17)28-18(21)26/h14-17,26H,6-10H2,1-5H3. The summed E-state index contributed by atoms with van der Waals surface area (Å²) in [7, 11) is 0. The van der Waals surface area contributed by atoms with Gasteiger partial charge in [-0.3, -0.25) is 5.41 Å². The first-order chi connectivity index (χ1) is 13.1. The van der Waals surface area contributed by atoms with Gasteiger partial charge in [0.2, 0.25) is 11.7 Å². The first kappa shape index (κ1) is 20.6. The number of nitrogens with zero attached hydrogens (tertiary/aromatic N) is 3. The quantitative estimate of drug-likeness (QED) is 0.770. The topological polar surface area (TPSA) is 114 Å². The lowest BCUT2D eigenvalue weighted by Crippen LogP contribution is -2.65. The zero-order valence-electron chi connectivity index (χ0n) is 17.5. The van der Waals surface area contributed by atoms with Gasteiger partial charge in [0.25, 0.3) is 0 Å². The van der Waals surface area contributed by atoms with Gasteiger partial charge in [0.05, 0.1) is 30.2 Å². The molecule has 0 amide bonds. The molecule has 1 saturated carbocycles. The molecule has 3 rings (SSSR count). The van der Waals surface area contributed by atoms with Crippen LogP contribution < -0.4 is 0 Å². The van der Waals surface area contributed by atoms with Crippen molar-refractivity contribution in [2.75, 3.05) is 0 Å². The fourth-order valence-electron chi connectivity index (χ4n) is 5.82. The molecular weight excluding hydrogens is 352 g/mol. The SMILES string of the molecule is CCC(CC)C1OC23CCC(C(C)(C)C)CC2C(C#N)(C(=N)O3)C1(C#N)C#N. The maximum Gasteiger partial charge on any atom is 0.217 e. The summed E-state index contributed by atoms with van der Waals surface area (Å²) in [4.78, 5) is 0. The maximum absolute atomic E-state index is 10.4. The van der Waals surface area contributed by atoms with Crippen molar-refractivity contribution < 1.29 is 9.47 Å². The van der Waals surface area contributed by atoms with Crippen LogP contribution in [0.25, 0.3) is 0 Å². The van der Waals surface area contributed by atoms with Gasteiger partial charge in [-0.15, -0.1) is 0 Å². The fraction of sp³-hybridized carbons (Fsp3) is 0.818. The van der Waals surface area contributed by atoms with Gasteiger partial charge in [-0.2, -0.15) is 15.8 Å². The number of hydrogen-bond acceptors (Lipinski definition) is 6. The summed E-state index contributed by atoms with van der Waals surface area (Å²) in [6.07, 6.45) is 2.77. The van der Waals surface area contributed by atoms with Crippen LogP contribution in [0, 0.1) is 73.4 Å². The molecule has 6 nitrogen and oxygen atoms in total. The fourth-order valence-corrected chi connectivity index (χ4v) is 5.82. The van der Waals surface area contributed by atoms with Crippen molar-refractivity contribution in [3.63, 3.8) is 0 Å². The van der Waals surface area contributed by atoms with Gasteiger partial charge in [-0.25, -0.2) is 0 Å². The molecule has 3 fully saturated rings. The molecule has 1 N–H and O–H groups in total. The van der Waals surface area contributed by atoms with Crippen molar-refractivity contribution >= 4 is 5.90 Å². The van der Waals surface area contributed by atoms with E-state index in [9.17, 15) is 15.8 Å². The van der Waals surface area contributed by atoms with E-state index in [1.165, 1.54) is 0 Å². The first-order valence-corrected chi connectivity index (χ1v) is 10.3. The predicted molar refractivity (Wildman–Crippen MR) is 102 cm³/mol. The molecule has 0 radical (unpaired) electrons. The van der Waals surface area contributed by atoms with E-state index in [0.717, 1.165) is 19.3 Å². The average molecular weight is 383 g/mol. The highest BCUT2D eigenvalue weighted by Gasteiger charge is 2.81. The summed E-state index contributed by atoms with van der Waals surface area (Å²) in [5, 5.41) is 39.5. The molecule has 0 spiro atoms. The van der Waals surface area contributed by atoms with E-state index in [0.29, 0.717) is 18.8 Å². The van der Waals surface area contributed by atoms with Crippen LogP contribution in [0.15, 0.2) is 0 Å². The van der Waals surface area contributed by atoms with Gasteiger partial charge in [-0.1, -0.05) is 47.5 Å². The summed E-state index contributed by atoms with van der Waals surface area (Å²) in [6.45, 7) is 10.5. The van der Waals surface area contributed by atoms with E-state index >= 15 is 0 Å². The molecule has 2 bridgehead atoms. The summed E-state index contributed by atoms with van der Waals surface area (Å²) in [5.41, 5.74) is -3.32. The zero-order chi connectivity index (χ0) is 21.0. The van der Waals surface area contributed by atoms with Gasteiger partial charge in [-0.05, 0) is 30.1 Å². The van der Waals surface area contributed by atoms with E-state index in [4.69, 9.17) is 14.9 Å². The van der Waals surface area contributed by atoms with Crippen LogP contribution in [-0.2, 0) is 9.47 Å². The third kappa shape index (κ3) is 2.29. The third-order valence-electron chi connectivity index (χ3n) is 7.65. The van der Waals surface area contributed by atoms with Gasteiger partial charge >= 0.3 is 0 Å². The Balaban J connectivity index is 2.23. The van der Waals surface area contributed by atoms with E-state index in [1.54, 1.807) is 0 Å². The molecule has 6 heteroatoms. The van der Waals surface area contributed by atoms with Crippen LogP contribution in [0.5, 0.6) is 0 Å². The minimum absolute atomic E-state index is 0.0219. The second kappa shape index (κ2) is 6.47. The summed E-state index contributed by atoms with van der Waals surface area (Å²) in [6, 6.07) is 6.62. The van der Waals surface area contributed by atoms with Crippen LogP contribution in [0.2, 0.25) is 0 Å². The summed E-state index contributed by atoms with van der Waals surface area (Å²) >= 11 is 0. The zero-order valence-corrected chi connectivity index (χ0v) is 17.5. The number of nitrogens with one attached hydrogen (secondary N) is 1. The summed E-state index contributed by atoms with van der Waals surface area (Å²) in [5.74, 6) is -1.57. The lowest BCUT2D eigenvalue weighted by Gasteiger charge is -2.55. The van der Waals surface area contributed by atoms with E-state index in [-0.39, 0.29) is 17.2 Å². The Hall–Kier alpha value is -2.10. The van der Waals surface area contributed by atoms with Gasteiger partial charge in [0.15, 0.2) is 10.8 Å². The van der Waals surface area contributed by atoms with Gasteiger partial charge < -0.3 is 9.47 Å². The first-order valence-electron chi connectivity index (χ1n) is 10.3. The highest BCUT2D eigenvalue weighted by atomic mass is 16.7. The highest BCUT2D eigenvalue weighted by Crippen LogP contribution is 2.68. The Labute approximate surface area is 167 Å². The monoisotopic (exact) mass is 382 g/mol. The number of rotatable bonds is 3. The number of hydrogen-bond donors (Lipinski definition) is 1. The molecule has 0 aromatic heterocycles. The van der Waals surface area contributed by atoms with Crippen LogP contribution >= 0.6 is 0 Å². The molecule has 1 aliphatic carbocycles.